The van der Waals surface area contributed by atoms with Crippen LogP contribution in [0.1, 0.15) is 49.3 Å². The third-order valence-electron chi connectivity index (χ3n) is 5.28. The van der Waals surface area contributed by atoms with E-state index in [1.54, 1.807) is 0 Å². The van der Waals surface area contributed by atoms with Gasteiger partial charge in [-0.05, 0) is 49.7 Å². The van der Waals surface area contributed by atoms with Crippen molar-refractivity contribution in [1.82, 2.24) is 4.90 Å². The first-order chi connectivity index (χ1) is 10.8. The summed E-state index contributed by atoms with van der Waals surface area (Å²) in [4.78, 5) is 15.2. The molecule has 0 spiro atoms. The van der Waals surface area contributed by atoms with Gasteiger partial charge in [-0.3, -0.25) is 4.79 Å². The number of amides is 1. The van der Waals surface area contributed by atoms with Gasteiger partial charge in [0.15, 0.2) is 0 Å². The van der Waals surface area contributed by atoms with Crippen LogP contribution in [0.2, 0.25) is 0 Å². The summed E-state index contributed by atoms with van der Waals surface area (Å²) in [5, 5.41) is 0. The highest BCUT2D eigenvalue weighted by atomic mass is 35.5. The van der Waals surface area contributed by atoms with Crippen molar-refractivity contribution in [3.05, 3.63) is 35.4 Å². The number of benzene rings is 1. The molecule has 1 heterocycles. The van der Waals surface area contributed by atoms with Gasteiger partial charge in [-0.1, -0.05) is 24.3 Å². The average molecular weight is 337 g/mol. The monoisotopic (exact) mass is 336 g/mol. The Morgan fingerprint density at radius 2 is 1.96 bits per heavy atom. The average Bonchev–Trinajstić information content (AvgIpc) is 3.11. The van der Waals surface area contributed by atoms with Gasteiger partial charge in [0.2, 0.25) is 0 Å². The molecule has 2 fully saturated rings. The molecule has 3 aliphatic rings. The lowest BCUT2D eigenvalue weighted by atomic mass is 10.1. The summed E-state index contributed by atoms with van der Waals surface area (Å²) in [7, 11) is 0. The summed E-state index contributed by atoms with van der Waals surface area (Å²) in [6, 6.07) is 9.23. The highest BCUT2D eigenvalue weighted by Gasteiger charge is 2.44. The van der Waals surface area contributed by atoms with Gasteiger partial charge in [0.1, 0.15) is 6.10 Å². The number of hydrogen-bond donors (Lipinski definition) is 1. The van der Waals surface area contributed by atoms with Crippen LogP contribution in [0.25, 0.3) is 0 Å². The van der Waals surface area contributed by atoms with E-state index in [1.165, 1.54) is 11.1 Å². The minimum absolute atomic E-state index is 0. The lowest BCUT2D eigenvalue weighted by Crippen LogP contribution is -2.42. The van der Waals surface area contributed by atoms with Crippen LogP contribution in [-0.4, -0.2) is 35.6 Å². The largest absolute Gasteiger partial charge is 0.364 e. The smallest absolute Gasteiger partial charge is 0.252 e. The Kier molecular flexibility index (Phi) is 4.95. The number of nitrogens with zero attached hydrogens (tertiary/aromatic N) is 1. The minimum Gasteiger partial charge on any atom is -0.364 e. The van der Waals surface area contributed by atoms with Gasteiger partial charge in [-0.25, -0.2) is 0 Å². The summed E-state index contributed by atoms with van der Waals surface area (Å²) in [6.07, 6.45) is 5.91. The van der Waals surface area contributed by atoms with E-state index in [0.29, 0.717) is 12.6 Å². The first kappa shape index (κ1) is 16.7. The lowest BCUT2D eigenvalue weighted by Gasteiger charge is -2.32. The standard InChI is InChI=1S/C18H24N2O2.ClH/c19-11-14-8-10-17(22-14)18(21)20(13-6-7-13)16-9-5-12-3-1-2-4-15(12)16;/h1-4,13-14,16-17H,5-11,19H2;1H/t14-,16?,17+;/m1./s1. The highest BCUT2D eigenvalue weighted by Crippen LogP contribution is 2.42. The number of nitrogens with two attached hydrogens (primary N) is 1. The van der Waals surface area contributed by atoms with Crippen molar-refractivity contribution < 1.29 is 9.53 Å². The van der Waals surface area contributed by atoms with Gasteiger partial charge in [0.05, 0.1) is 12.1 Å². The Morgan fingerprint density at radius 3 is 2.65 bits per heavy atom. The summed E-state index contributed by atoms with van der Waals surface area (Å²) < 4.78 is 5.86. The van der Waals surface area contributed by atoms with Gasteiger partial charge in [0, 0.05) is 12.6 Å². The van der Waals surface area contributed by atoms with Gasteiger partial charge >= 0.3 is 0 Å². The molecule has 1 saturated heterocycles. The number of ether oxygens (including phenoxy) is 1. The zero-order valence-corrected chi connectivity index (χ0v) is 14.1. The fourth-order valence-corrected chi connectivity index (χ4v) is 3.99. The Balaban J connectivity index is 0.00000156. The number of carbonyl (C=O) groups is 1. The molecule has 4 nitrogen and oxygen atoms in total. The highest BCUT2D eigenvalue weighted by molar-refractivity contribution is 5.85. The second-order valence-corrected chi connectivity index (χ2v) is 6.79. The zero-order valence-electron chi connectivity index (χ0n) is 13.3. The molecule has 0 bridgehead atoms. The molecule has 1 saturated carbocycles. The molecule has 1 aromatic carbocycles. The topological polar surface area (TPSA) is 55.6 Å². The maximum atomic E-state index is 13.0. The predicted octanol–water partition coefficient (Wildman–Crippen LogP) is 2.59. The Labute approximate surface area is 143 Å². The number of carbonyl (C=O) groups excluding carboxylic acids is 1. The Bertz CT molecular complexity index is 576. The fraction of sp³-hybridized carbons (Fsp3) is 0.611. The summed E-state index contributed by atoms with van der Waals surface area (Å²) >= 11 is 0. The van der Waals surface area contributed by atoms with Gasteiger partial charge in [-0.15, -0.1) is 12.4 Å². The van der Waals surface area contributed by atoms with E-state index in [4.69, 9.17) is 10.5 Å². The van der Waals surface area contributed by atoms with Crippen molar-refractivity contribution in [2.45, 2.75) is 62.8 Å². The van der Waals surface area contributed by atoms with E-state index in [9.17, 15) is 4.79 Å². The van der Waals surface area contributed by atoms with Gasteiger partial charge in [0.25, 0.3) is 5.91 Å². The van der Waals surface area contributed by atoms with Gasteiger partial charge in [-0.2, -0.15) is 0 Å². The van der Waals surface area contributed by atoms with Gasteiger partial charge < -0.3 is 15.4 Å². The molecule has 0 radical (unpaired) electrons. The molecule has 2 N–H and O–H groups in total. The van der Waals surface area contributed by atoms with Crippen molar-refractivity contribution in [2.75, 3.05) is 6.54 Å². The molecule has 1 unspecified atom stereocenters. The molecule has 4 rings (SSSR count). The summed E-state index contributed by atoms with van der Waals surface area (Å²) in [5.41, 5.74) is 8.42. The second-order valence-electron chi connectivity index (χ2n) is 6.79. The quantitative estimate of drug-likeness (QED) is 0.919. The molecule has 1 aliphatic heterocycles. The van der Waals surface area contributed by atoms with Crippen molar-refractivity contribution in [3.8, 4) is 0 Å². The van der Waals surface area contributed by atoms with E-state index < -0.39 is 0 Å². The Hall–Kier alpha value is -1.10. The van der Waals surface area contributed by atoms with Crippen LogP contribution in [0.15, 0.2) is 24.3 Å². The molecule has 5 heteroatoms. The van der Waals surface area contributed by atoms with E-state index in [-0.39, 0.29) is 36.6 Å². The summed E-state index contributed by atoms with van der Waals surface area (Å²) in [5.74, 6) is 0.195. The van der Waals surface area contributed by atoms with Crippen LogP contribution >= 0.6 is 12.4 Å². The van der Waals surface area contributed by atoms with E-state index in [2.05, 4.69) is 29.2 Å². The van der Waals surface area contributed by atoms with Crippen molar-refractivity contribution in [3.63, 3.8) is 0 Å². The van der Waals surface area contributed by atoms with Crippen LogP contribution in [0.4, 0.5) is 0 Å². The van der Waals surface area contributed by atoms with Crippen LogP contribution in [0.3, 0.4) is 0 Å². The maximum absolute atomic E-state index is 13.0. The van der Waals surface area contributed by atoms with Crippen molar-refractivity contribution in [1.29, 1.82) is 0 Å². The SMILES string of the molecule is Cl.NC[C@H]1CC[C@@H](C(=O)N(C2CC2)C2CCc3ccccc32)O1. The predicted molar refractivity (Wildman–Crippen MR) is 91.6 cm³/mol. The minimum atomic E-state index is -0.276. The van der Waals surface area contributed by atoms with Crippen molar-refractivity contribution >= 4 is 18.3 Å². The first-order valence-electron chi connectivity index (χ1n) is 8.53. The fourth-order valence-electron chi connectivity index (χ4n) is 3.99. The van der Waals surface area contributed by atoms with E-state index in [1.807, 2.05) is 0 Å². The lowest BCUT2D eigenvalue weighted by molar-refractivity contribution is -0.146. The van der Waals surface area contributed by atoms with E-state index in [0.717, 1.165) is 38.5 Å². The number of halogens is 1. The molecule has 126 valence electrons. The van der Waals surface area contributed by atoms with Crippen LogP contribution in [0, 0.1) is 0 Å². The molecule has 23 heavy (non-hydrogen) atoms. The molecule has 2 aliphatic carbocycles. The first-order valence-corrected chi connectivity index (χ1v) is 8.53. The van der Waals surface area contributed by atoms with Crippen LogP contribution in [0.5, 0.6) is 0 Å². The molecule has 1 amide bonds. The third-order valence-corrected chi connectivity index (χ3v) is 5.28. The zero-order chi connectivity index (χ0) is 15.1. The molecule has 0 aromatic heterocycles. The van der Waals surface area contributed by atoms with E-state index >= 15 is 0 Å². The Morgan fingerprint density at radius 1 is 1.17 bits per heavy atom. The maximum Gasteiger partial charge on any atom is 0.252 e. The molecular weight excluding hydrogens is 312 g/mol. The number of hydrogen-bond acceptors (Lipinski definition) is 3. The number of rotatable bonds is 4. The number of aryl methyl sites for hydroxylation is 1. The van der Waals surface area contributed by atoms with Crippen molar-refractivity contribution in [2.24, 2.45) is 5.73 Å². The molecule has 3 atom stereocenters. The van der Waals surface area contributed by atoms with Crippen LogP contribution < -0.4 is 5.73 Å². The number of fused-ring (bicyclic) bond motifs is 1. The molecule has 1 aromatic rings. The summed E-state index contributed by atoms with van der Waals surface area (Å²) in [6.45, 7) is 0.513. The normalized spacial score (nSPS) is 29.0. The third kappa shape index (κ3) is 3.12. The second kappa shape index (κ2) is 6.80. The molecular formula is C18H25ClN2O2. The van der Waals surface area contributed by atoms with Crippen LogP contribution in [-0.2, 0) is 16.0 Å².